The standard InChI is InChI=1S/C9H6BNO/c10-7-3-1-6-2-4-9(12)11-8(6)5-7/h1-5H,(H,11,12). The highest BCUT2D eigenvalue weighted by Crippen LogP contribution is 2.04. The first-order valence-corrected chi connectivity index (χ1v) is 3.64. The fourth-order valence-corrected chi connectivity index (χ4v) is 1.17. The molecule has 1 aromatic carbocycles. The summed E-state index contributed by atoms with van der Waals surface area (Å²) in [7, 11) is 5.55. The lowest BCUT2D eigenvalue weighted by Gasteiger charge is -1.97. The third-order valence-corrected chi connectivity index (χ3v) is 1.75. The van der Waals surface area contributed by atoms with Crippen LogP contribution in [0.5, 0.6) is 0 Å². The Kier molecular flexibility index (Phi) is 1.50. The number of fused-ring (bicyclic) bond motifs is 1. The number of pyridine rings is 1. The van der Waals surface area contributed by atoms with Crippen molar-refractivity contribution in [3.8, 4) is 0 Å². The number of aromatic amines is 1. The second kappa shape index (κ2) is 2.52. The van der Waals surface area contributed by atoms with Gasteiger partial charge in [-0.25, -0.2) is 0 Å². The molecule has 0 fully saturated rings. The molecule has 0 aliphatic rings. The normalized spacial score (nSPS) is 10.3. The van der Waals surface area contributed by atoms with E-state index >= 15 is 0 Å². The molecule has 0 amide bonds. The van der Waals surface area contributed by atoms with E-state index in [2.05, 4.69) is 4.98 Å². The number of H-pyrrole nitrogens is 1. The number of rotatable bonds is 0. The molecule has 0 spiro atoms. The summed E-state index contributed by atoms with van der Waals surface area (Å²) in [4.78, 5) is 13.6. The van der Waals surface area contributed by atoms with Crippen molar-refractivity contribution < 1.29 is 0 Å². The van der Waals surface area contributed by atoms with E-state index in [1.807, 2.05) is 6.07 Å². The Hall–Kier alpha value is -1.51. The first-order chi connectivity index (χ1) is 5.75. The highest BCUT2D eigenvalue weighted by molar-refractivity contribution is 6.33. The van der Waals surface area contributed by atoms with Gasteiger partial charge >= 0.3 is 0 Å². The van der Waals surface area contributed by atoms with Crippen molar-refractivity contribution in [2.24, 2.45) is 0 Å². The Morgan fingerprint density at radius 3 is 2.75 bits per heavy atom. The molecular weight excluding hydrogens is 149 g/mol. The fourth-order valence-electron chi connectivity index (χ4n) is 1.17. The molecule has 1 N–H and O–H groups in total. The van der Waals surface area contributed by atoms with Gasteiger partial charge in [0.15, 0.2) is 0 Å². The summed E-state index contributed by atoms with van der Waals surface area (Å²) in [6.07, 6.45) is 0. The van der Waals surface area contributed by atoms with Crippen molar-refractivity contribution in [2.75, 3.05) is 0 Å². The minimum atomic E-state index is -0.104. The maximum atomic E-state index is 10.9. The third-order valence-electron chi connectivity index (χ3n) is 1.75. The minimum Gasteiger partial charge on any atom is -0.322 e. The molecule has 3 heteroatoms. The summed E-state index contributed by atoms with van der Waals surface area (Å²) < 4.78 is 0. The Morgan fingerprint density at radius 1 is 1.17 bits per heavy atom. The average Bonchev–Trinajstić information content (AvgIpc) is 2.03. The van der Waals surface area contributed by atoms with Crippen molar-refractivity contribution in [2.45, 2.75) is 0 Å². The fraction of sp³-hybridized carbons (Fsp3) is 0. The predicted molar refractivity (Wildman–Crippen MR) is 50.0 cm³/mol. The van der Waals surface area contributed by atoms with Crippen LogP contribution < -0.4 is 11.0 Å². The SMILES string of the molecule is [B]c1ccc2ccc(=O)[nH]c2c1. The molecule has 1 heterocycles. The quantitative estimate of drug-likeness (QED) is 0.546. The van der Waals surface area contributed by atoms with E-state index in [1.165, 1.54) is 6.07 Å². The molecule has 0 bridgehead atoms. The van der Waals surface area contributed by atoms with Gasteiger partial charge < -0.3 is 4.98 Å². The number of benzene rings is 1. The molecule has 12 heavy (non-hydrogen) atoms. The monoisotopic (exact) mass is 155 g/mol. The summed E-state index contributed by atoms with van der Waals surface area (Å²) in [5.41, 5.74) is 1.33. The Labute approximate surface area is 70.6 Å². The van der Waals surface area contributed by atoms with Gasteiger partial charge in [0.05, 0.1) is 0 Å². The van der Waals surface area contributed by atoms with Gasteiger partial charge in [-0.3, -0.25) is 4.79 Å². The van der Waals surface area contributed by atoms with Crippen molar-refractivity contribution in [3.05, 3.63) is 40.7 Å². The molecule has 2 nitrogen and oxygen atoms in total. The summed E-state index contributed by atoms with van der Waals surface area (Å²) in [5.74, 6) is 0. The Bertz CT molecular complexity index is 475. The van der Waals surface area contributed by atoms with Crippen LogP contribution in [0.2, 0.25) is 0 Å². The maximum Gasteiger partial charge on any atom is 0.248 e. The highest BCUT2D eigenvalue weighted by atomic mass is 16.1. The van der Waals surface area contributed by atoms with Gasteiger partial charge in [0.25, 0.3) is 0 Å². The van der Waals surface area contributed by atoms with E-state index in [-0.39, 0.29) is 5.56 Å². The van der Waals surface area contributed by atoms with Gasteiger partial charge in [-0.05, 0) is 17.5 Å². The highest BCUT2D eigenvalue weighted by Gasteiger charge is 1.92. The second-order valence-corrected chi connectivity index (χ2v) is 2.67. The number of hydrogen-bond acceptors (Lipinski definition) is 1. The number of hydrogen-bond donors (Lipinski definition) is 1. The van der Waals surface area contributed by atoms with Crippen molar-refractivity contribution >= 4 is 24.2 Å². The molecule has 1 aromatic heterocycles. The van der Waals surface area contributed by atoms with Crippen LogP contribution in [0.15, 0.2) is 35.1 Å². The van der Waals surface area contributed by atoms with Crippen LogP contribution in [0.25, 0.3) is 10.9 Å². The van der Waals surface area contributed by atoms with Crippen LogP contribution in [0.3, 0.4) is 0 Å². The van der Waals surface area contributed by atoms with Crippen LogP contribution in [0.1, 0.15) is 0 Å². The zero-order valence-electron chi connectivity index (χ0n) is 6.37. The van der Waals surface area contributed by atoms with E-state index in [9.17, 15) is 4.79 Å². The van der Waals surface area contributed by atoms with Crippen LogP contribution in [-0.2, 0) is 0 Å². The van der Waals surface area contributed by atoms with Gasteiger partial charge in [0.1, 0.15) is 7.85 Å². The summed E-state index contributed by atoms with van der Waals surface area (Å²) >= 11 is 0. The summed E-state index contributed by atoms with van der Waals surface area (Å²) in [6.45, 7) is 0. The van der Waals surface area contributed by atoms with Crippen LogP contribution in [-0.4, -0.2) is 12.8 Å². The van der Waals surface area contributed by atoms with Crippen LogP contribution in [0, 0.1) is 0 Å². The van der Waals surface area contributed by atoms with Gasteiger partial charge in [-0.15, -0.1) is 0 Å². The van der Waals surface area contributed by atoms with E-state index in [4.69, 9.17) is 7.85 Å². The number of aromatic nitrogens is 1. The van der Waals surface area contributed by atoms with Gasteiger partial charge in [-0.2, -0.15) is 0 Å². The second-order valence-electron chi connectivity index (χ2n) is 2.67. The molecule has 2 rings (SSSR count). The van der Waals surface area contributed by atoms with E-state index in [1.54, 1.807) is 18.2 Å². The average molecular weight is 155 g/mol. The van der Waals surface area contributed by atoms with E-state index < -0.39 is 0 Å². The third kappa shape index (κ3) is 1.14. The Morgan fingerprint density at radius 2 is 1.92 bits per heavy atom. The smallest absolute Gasteiger partial charge is 0.248 e. The summed E-state index contributed by atoms with van der Waals surface area (Å²) in [6, 6.07) is 8.70. The molecular formula is C9H6BNO. The molecule has 0 saturated heterocycles. The topological polar surface area (TPSA) is 32.9 Å². The maximum absolute atomic E-state index is 10.9. The zero-order valence-corrected chi connectivity index (χ0v) is 6.37. The Balaban J connectivity index is 2.89. The summed E-state index contributed by atoms with van der Waals surface area (Å²) in [5, 5.41) is 0.990. The number of nitrogens with one attached hydrogen (secondary N) is 1. The first-order valence-electron chi connectivity index (χ1n) is 3.64. The first kappa shape index (κ1) is 7.16. The molecule has 2 aromatic rings. The predicted octanol–water partition coefficient (Wildman–Crippen LogP) is 0.322. The molecule has 0 aliphatic heterocycles. The van der Waals surface area contributed by atoms with Gasteiger partial charge in [0.2, 0.25) is 5.56 Å². The molecule has 0 saturated carbocycles. The lowest BCUT2D eigenvalue weighted by Crippen LogP contribution is -2.06. The van der Waals surface area contributed by atoms with Crippen LogP contribution >= 0.6 is 0 Å². The molecule has 0 aliphatic carbocycles. The minimum absolute atomic E-state index is 0.104. The van der Waals surface area contributed by atoms with Gasteiger partial charge in [-0.1, -0.05) is 17.6 Å². The zero-order chi connectivity index (χ0) is 8.55. The molecule has 0 unspecified atom stereocenters. The van der Waals surface area contributed by atoms with Crippen molar-refractivity contribution in [3.63, 3.8) is 0 Å². The molecule has 56 valence electrons. The van der Waals surface area contributed by atoms with Crippen molar-refractivity contribution in [1.29, 1.82) is 0 Å². The van der Waals surface area contributed by atoms with E-state index in [0.717, 1.165) is 10.9 Å². The van der Waals surface area contributed by atoms with Crippen molar-refractivity contribution in [1.82, 2.24) is 4.98 Å². The molecule has 0 atom stereocenters. The lowest BCUT2D eigenvalue weighted by atomic mass is 9.95. The largest absolute Gasteiger partial charge is 0.322 e. The lowest BCUT2D eigenvalue weighted by molar-refractivity contribution is 1.31. The van der Waals surface area contributed by atoms with Crippen LogP contribution in [0.4, 0.5) is 0 Å². The van der Waals surface area contributed by atoms with Gasteiger partial charge in [0, 0.05) is 11.6 Å². The molecule has 2 radical (unpaired) electrons. The van der Waals surface area contributed by atoms with E-state index in [0.29, 0.717) is 5.46 Å².